The Morgan fingerprint density at radius 3 is 2.76 bits per heavy atom. The van der Waals surface area contributed by atoms with Gasteiger partial charge in [-0.3, -0.25) is 4.79 Å². The number of para-hydroxylation sites is 1. The van der Waals surface area contributed by atoms with E-state index in [-0.39, 0.29) is 18.3 Å². The lowest BCUT2D eigenvalue weighted by Crippen LogP contribution is -2.26. The van der Waals surface area contributed by atoms with Gasteiger partial charge in [0.05, 0.1) is 7.11 Å². The van der Waals surface area contributed by atoms with E-state index in [0.717, 1.165) is 16.3 Å². The summed E-state index contributed by atoms with van der Waals surface area (Å²) in [6.45, 7) is 0.826. The fourth-order valence-corrected chi connectivity index (χ4v) is 2.51. The number of thiazole rings is 1. The van der Waals surface area contributed by atoms with E-state index in [1.807, 2.05) is 24.3 Å². The van der Waals surface area contributed by atoms with Gasteiger partial charge in [-0.05, 0) is 6.07 Å². The predicted octanol–water partition coefficient (Wildman–Crippen LogP) is 2.30. The highest BCUT2D eigenvalue weighted by molar-refractivity contribution is 7.09. The van der Waals surface area contributed by atoms with Crippen LogP contribution in [0.3, 0.4) is 0 Å². The summed E-state index contributed by atoms with van der Waals surface area (Å²) in [7, 11) is 3.37. The van der Waals surface area contributed by atoms with Crippen LogP contribution in [-0.4, -0.2) is 29.9 Å². The summed E-state index contributed by atoms with van der Waals surface area (Å²) in [5.41, 5.74) is 6.90. The minimum absolute atomic E-state index is 0. The van der Waals surface area contributed by atoms with Gasteiger partial charge < -0.3 is 15.4 Å². The number of ether oxygens (including phenoxy) is 1. The molecular formula is C14H18ClN3O2S. The molecule has 1 amide bonds. The number of hydrogen-bond acceptors (Lipinski definition) is 5. The van der Waals surface area contributed by atoms with Crippen LogP contribution in [0.4, 0.5) is 0 Å². The van der Waals surface area contributed by atoms with Crippen LogP contribution in [0.5, 0.6) is 5.75 Å². The zero-order chi connectivity index (χ0) is 14.5. The number of methoxy groups -OCH3 is 1. The minimum atomic E-state index is -0.119. The van der Waals surface area contributed by atoms with Crippen LogP contribution >= 0.6 is 23.7 Å². The molecule has 0 spiro atoms. The van der Waals surface area contributed by atoms with Crippen LogP contribution in [0.1, 0.15) is 21.1 Å². The molecule has 2 N–H and O–H groups in total. The second kappa shape index (κ2) is 7.97. The molecule has 0 fully saturated rings. The standard InChI is InChI=1S/C14H17N3O2S.ClH/c1-17(8-10-5-3-4-6-12(10)19-2)14(18)11-9-20-13(7-15)16-11;/h3-6,9H,7-8,15H2,1-2H3;1H. The van der Waals surface area contributed by atoms with Crippen molar-refractivity contribution in [1.82, 2.24) is 9.88 Å². The fraction of sp³-hybridized carbons (Fsp3) is 0.286. The van der Waals surface area contributed by atoms with Crippen molar-refractivity contribution in [3.05, 3.63) is 45.9 Å². The van der Waals surface area contributed by atoms with E-state index in [0.29, 0.717) is 18.8 Å². The van der Waals surface area contributed by atoms with Crippen molar-refractivity contribution in [1.29, 1.82) is 0 Å². The molecule has 0 aliphatic heterocycles. The predicted molar refractivity (Wildman–Crippen MR) is 86.0 cm³/mol. The monoisotopic (exact) mass is 327 g/mol. The molecule has 0 bridgehead atoms. The van der Waals surface area contributed by atoms with Gasteiger partial charge >= 0.3 is 0 Å². The molecule has 0 aliphatic rings. The highest BCUT2D eigenvalue weighted by Crippen LogP contribution is 2.20. The first kappa shape index (κ1) is 17.4. The van der Waals surface area contributed by atoms with Crippen molar-refractivity contribution in [2.45, 2.75) is 13.1 Å². The number of nitrogens with two attached hydrogens (primary N) is 1. The Morgan fingerprint density at radius 2 is 2.14 bits per heavy atom. The molecule has 7 heteroatoms. The third kappa shape index (κ3) is 4.17. The molecule has 1 heterocycles. The van der Waals surface area contributed by atoms with Gasteiger partial charge in [-0.2, -0.15) is 0 Å². The largest absolute Gasteiger partial charge is 0.496 e. The summed E-state index contributed by atoms with van der Waals surface area (Å²) in [5, 5.41) is 2.50. The van der Waals surface area contributed by atoms with E-state index in [9.17, 15) is 4.79 Å². The molecular weight excluding hydrogens is 310 g/mol. The summed E-state index contributed by atoms with van der Waals surface area (Å²) in [4.78, 5) is 18.1. The first-order valence-corrected chi connectivity index (χ1v) is 7.05. The van der Waals surface area contributed by atoms with E-state index < -0.39 is 0 Å². The molecule has 21 heavy (non-hydrogen) atoms. The molecule has 0 radical (unpaired) electrons. The molecule has 0 saturated heterocycles. The number of hydrogen-bond donors (Lipinski definition) is 1. The van der Waals surface area contributed by atoms with Crippen LogP contribution in [0.15, 0.2) is 29.6 Å². The molecule has 5 nitrogen and oxygen atoms in total. The Labute approximate surface area is 134 Å². The average molecular weight is 328 g/mol. The van der Waals surface area contributed by atoms with Gasteiger partial charge in [0.25, 0.3) is 5.91 Å². The van der Waals surface area contributed by atoms with Crippen molar-refractivity contribution >= 4 is 29.7 Å². The number of nitrogens with zero attached hydrogens (tertiary/aromatic N) is 2. The van der Waals surface area contributed by atoms with Gasteiger partial charge in [0, 0.05) is 31.1 Å². The van der Waals surface area contributed by atoms with Crippen LogP contribution in [0.25, 0.3) is 0 Å². The lowest BCUT2D eigenvalue weighted by atomic mass is 10.2. The van der Waals surface area contributed by atoms with Crippen molar-refractivity contribution in [3.8, 4) is 5.75 Å². The molecule has 0 aliphatic carbocycles. The second-order valence-electron chi connectivity index (χ2n) is 4.30. The molecule has 0 unspecified atom stereocenters. The number of carbonyl (C=O) groups is 1. The third-order valence-electron chi connectivity index (χ3n) is 2.89. The van der Waals surface area contributed by atoms with Crippen molar-refractivity contribution < 1.29 is 9.53 Å². The van der Waals surface area contributed by atoms with Gasteiger partial charge in [-0.1, -0.05) is 18.2 Å². The van der Waals surface area contributed by atoms with E-state index in [4.69, 9.17) is 10.5 Å². The maximum atomic E-state index is 12.3. The topological polar surface area (TPSA) is 68.5 Å². The second-order valence-corrected chi connectivity index (χ2v) is 5.25. The summed E-state index contributed by atoms with van der Waals surface area (Å²) in [6, 6.07) is 7.64. The Kier molecular flexibility index (Phi) is 6.61. The Bertz CT molecular complexity index is 603. The number of aromatic nitrogens is 1. The molecule has 0 saturated carbocycles. The molecule has 2 rings (SSSR count). The van der Waals surface area contributed by atoms with E-state index >= 15 is 0 Å². The Balaban J connectivity index is 0.00000220. The number of amides is 1. The van der Waals surface area contributed by atoms with Gasteiger partial charge in [-0.25, -0.2) is 4.98 Å². The molecule has 1 aromatic carbocycles. The van der Waals surface area contributed by atoms with E-state index in [1.54, 1.807) is 24.4 Å². The van der Waals surface area contributed by atoms with Crippen molar-refractivity contribution in [2.24, 2.45) is 5.73 Å². The average Bonchev–Trinajstić information content (AvgIpc) is 2.95. The Hall–Kier alpha value is -1.63. The van der Waals surface area contributed by atoms with Gasteiger partial charge in [0.2, 0.25) is 0 Å². The van der Waals surface area contributed by atoms with Crippen molar-refractivity contribution in [2.75, 3.05) is 14.2 Å². The van der Waals surface area contributed by atoms with Crippen LogP contribution < -0.4 is 10.5 Å². The van der Waals surface area contributed by atoms with Crippen LogP contribution in [-0.2, 0) is 13.1 Å². The third-order valence-corrected chi connectivity index (χ3v) is 3.76. The zero-order valence-electron chi connectivity index (χ0n) is 11.9. The Morgan fingerprint density at radius 1 is 1.43 bits per heavy atom. The number of halogens is 1. The summed E-state index contributed by atoms with van der Waals surface area (Å²) in [5.74, 6) is 0.653. The maximum Gasteiger partial charge on any atom is 0.273 e. The van der Waals surface area contributed by atoms with Crippen molar-refractivity contribution in [3.63, 3.8) is 0 Å². The van der Waals surface area contributed by atoms with Gasteiger partial charge in [0.15, 0.2) is 0 Å². The summed E-state index contributed by atoms with van der Waals surface area (Å²) in [6.07, 6.45) is 0. The highest BCUT2D eigenvalue weighted by Gasteiger charge is 2.16. The van der Waals surface area contributed by atoms with E-state index in [1.165, 1.54) is 11.3 Å². The first-order chi connectivity index (χ1) is 9.65. The number of rotatable bonds is 5. The van der Waals surface area contributed by atoms with Crippen LogP contribution in [0.2, 0.25) is 0 Å². The fourth-order valence-electron chi connectivity index (χ4n) is 1.86. The van der Waals surface area contributed by atoms with Gasteiger partial charge in [-0.15, -0.1) is 23.7 Å². The summed E-state index contributed by atoms with van der Waals surface area (Å²) >= 11 is 1.40. The summed E-state index contributed by atoms with van der Waals surface area (Å²) < 4.78 is 5.29. The molecule has 114 valence electrons. The zero-order valence-corrected chi connectivity index (χ0v) is 13.5. The maximum absolute atomic E-state index is 12.3. The smallest absolute Gasteiger partial charge is 0.273 e. The van der Waals surface area contributed by atoms with Gasteiger partial charge in [0.1, 0.15) is 16.5 Å². The molecule has 2 aromatic rings. The van der Waals surface area contributed by atoms with Crippen LogP contribution in [0, 0.1) is 0 Å². The number of benzene rings is 1. The number of carbonyl (C=O) groups excluding carboxylic acids is 1. The molecule has 1 aromatic heterocycles. The quantitative estimate of drug-likeness (QED) is 0.915. The lowest BCUT2D eigenvalue weighted by molar-refractivity contribution is 0.0779. The van der Waals surface area contributed by atoms with E-state index in [2.05, 4.69) is 4.98 Å². The highest BCUT2D eigenvalue weighted by atomic mass is 35.5. The SMILES string of the molecule is COc1ccccc1CN(C)C(=O)c1csc(CN)n1.Cl. The first-order valence-electron chi connectivity index (χ1n) is 6.17. The molecule has 0 atom stereocenters. The normalized spacial score (nSPS) is 9.86. The minimum Gasteiger partial charge on any atom is -0.496 e. The lowest BCUT2D eigenvalue weighted by Gasteiger charge is -2.17.